The van der Waals surface area contributed by atoms with Gasteiger partial charge in [0.1, 0.15) is 6.10 Å². The molecule has 0 aliphatic carbocycles. The molecule has 0 saturated carbocycles. The van der Waals surface area contributed by atoms with Crippen LogP contribution in [0.25, 0.3) is 0 Å². The van der Waals surface area contributed by atoms with E-state index in [-0.39, 0.29) is 30.7 Å². The lowest BCUT2D eigenvalue weighted by Crippen LogP contribution is -2.25. The van der Waals surface area contributed by atoms with Crippen LogP contribution in [0, 0.1) is 6.92 Å². The number of hydrogen-bond donors (Lipinski definition) is 0. The normalized spacial score (nSPS) is 17.2. The van der Waals surface area contributed by atoms with E-state index in [0.717, 1.165) is 31.6 Å². The van der Waals surface area contributed by atoms with Crippen LogP contribution in [0.4, 0.5) is 0 Å². The van der Waals surface area contributed by atoms with Gasteiger partial charge in [0.05, 0.1) is 6.42 Å². The zero-order chi connectivity index (χ0) is 18.4. The molecule has 0 unspecified atom stereocenters. The van der Waals surface area contributed by atoms with Crippen molar-refractivity contribution in [3.05, 3.63) is 71.3 Å². The minimum absolute atomic E-state index is 0.0147. The Morgan fingerprint density at radius 2 is 1.77 bits per heavy atom. The van der Waals surface area contributed by atoms with Gasteiger partial charge < -0.3 is 4.74 Å². The molecule has 4 nitrogen and oxygen atoms in total. The zero-order valence-corrected chi connectivity index (χ0v) is 15.2. The first-order valence-electron chi connectivity index (χ1n) is 9.16. The third-order valence-corrected chi connectivity index (χ3v) is 4.71. The third-order valence-electron chi connectivity index (χ3n) is 4.71. The van der Waals surface area contributed by atoms with Crippen molar-refractivity contribution in [2.24, 2.45) is 0 Å². The molecule has 2 aromatic rings. The third kappa shape index (κ3) is 5.27. The number of nitrogens with zero attached hydrogens (tertiary/aromatic N) is 1. The lowest BCUT2D eigenvalue weighted by Gasteiger charge is -2.16. The Morgan fingerprint density at radius 3 is 2.50 bits per heavy atom. The molecule has 0 amide bonds. The first-order chi connectivity index (χ1) is 12.6. The van der Waals surface area contributed by atoms with E-state index in [9.17, 15) is 9.59 Å². The average molecular weight is 351 g/mol. The van der Waals surface area contributed by atoms with Crippen molar-refractivity contribution in [1.29, 1.82) is 0 Å². The maximum atomic E-state index is 12.1. The number of aryl methyl sites for hydroxylation is 1. The van der Waals surface area contributed by atoms with Gasteiger partial charge in [0.15, 0.2) is 5.78 Å². The van der Waals surface area contributed by atoms with Crippen LogP contribution in [0.2, 0.25) is 0 Å². The van der Waals surface area contributed by atoms with Gasteiger partial charge in [0, 0.05) is 31.6 Å². The van der Waals surface area contributed by atoms with E-state index in [2.05, 4.69) is 17.0 Å². The van der Waals surface area contributed by atoms with Crippen molar-refractivity contribution in [3.63, 3.8) is 0 Å². The van der Waals surface area contributed by atoms with Gasteiger partial charge in [-0.15, -0.1) is 0 Å². The van der Waals surface area contributed by atoms with Crippen LogP contribution >= 0.6 is 0 Å². The van der Waals surface area contributed by atoms with E-state index in [0.29, 0.717) is 5.56 Å². The number of ketones is 1. The quantitative estimate of drug-likeness (QED) is 0.563. The minimum Gasteiger partial charge on any atom is -0.461 e. The predicted octanol–water partition coefficient (Wildman–Crippen LogP) is 3.78. The predicted molar refractivity (Wildman–Crippen MR) is 101 cm³/mol. The highest BCUT2D eigenvalue weighted by Gasteiger charge is 2.25. The Bertz CT molecular complexity index is 740. The number of hydrogen-bond acceptors (Lipinski definition) is 4. The van der Waals surface area contributed by atoms with Gasteiger partial charge in [-0.2, -0.15) is 0 Å². The summed E-state index contributed by atoms with van der Waals surface area (Å²) in [6.45, 7) is 4.54. The summed E-state index contributed by atoms with van der Waals surface area (Å²) in [5, 5.41) is 0. The molecule has 0 N–H and O–H groups in total. The van der Waals surface area contributed by atoms with Crippen LogP contribution in [0.3, 0.4) is 0 Å². The fourth-order valence-electron chi connectivity index (χ4n) is 3.22. The summed E-state index contributed by atoms with van der Waals surface area (Å²) in [6.07, 6.45) is 1.12. The number of Topliss-reactive ketones (excluding diaryl/α,β-unsaturated/α-hetero) is 1. The first kappa shape index (κ1) is 18.3. The monoisotopic (exact) mass is 351 g/mol. The summed E-state index contributed by atoms with van der Waals surface area (Å²) < 4.78 is 5.55. The number of ether oxygens (including phenoxy) is 1. The second-order valence-electron chi connectivity index (χ2n) is 6.91. The average Bonchev–Trinajstić information content (AvgIpc) is 3.08. The van der Waals surface area contributed by atoms with E-state index < -0.39 is 0 Å². The smallest absolute Gasteiger partial charge is 0.306 e. The van der Waals surface area contributed by atoms with Crippen molar-refractivity contribution in [2.45, 2.75) is 38.8 Å². The second kappa shape index (κ2) is 8.77. The van der Waals surface area contributed by atoms with E-state index in [1.807, 2.05) is 37.3 Å². The maximum Gasteiger partial charge on any atom is 0.306 e. The molecular weight excluding hydrogens is 326 g/mol. The number of benzene rings is 2. The molecule has 0 aromatic heterocycles. The fraction of sp³-hybridized carbons (Fsp3) is 0.364. The Balaban J connectivity index is 1.40. The van der Waals surface area contributed by atoms with E-state index in [4.69, 9.17) is 4.74 Å². The van der Waals surface area contributed by atoms with Gasteiger partial charge in [-0.05, 0) is 18.9 Å². The molecule has 0 spiro atoms. The molecule has 0 bridgehead atoms. The molecule has 1 atom stereocenters. The van der Waals surface area contributed by atoms with Gasteiger partial charge in [0.2, 0.25) is 0 Å². The molecule has 1 aliphatic rings. The van der Waals surface area contributed by atoms with E-state index in [1.54, 1.807) is 12.1 Å². The second-order valence-corrected chi connectivity index (χ2v) is 6.91. The summed E-state index contributed by atoms with van der Waals surface area (Å²) in [5.74, 6) is -0.295. The minimum atomic E-state index is -0.281. The number of likely N-dealkylation sites (tertiary alicyclic amines) is 1. The lowest BCUT2D eigenvalue weighted by atomic mass is 10.1. The van der Waals surface area contributed by atoms with Crippen molar-refractivity contribution >= 4 is 11.8 Å². The summed E-state index contributed by atoms with van der Waals surface area (Å²) in [5.41, 5.74) is 3.03. The summed E-state index contributed by atoms with van der Waals surface area (Å²) >= 11 is 0. The van der Waals surface area contributed by atoms with Crippen molar-refractivity contribution < 1.29 is 14.3 Å². The molecule has 1 fully saturated rings. The van der Waals surface area contributed by atoms with E-state index in [1.165, 1.54) is 5.56 Å². The van der Waals surface area contributed by atoms with Crippen LogP contribution in [-0.2, 0) is 16.1 Å². The molecule has 3 rings (SSSR count). The van der Waals surface area contributed by atoms with Crippen molar-refractivity contribution in [3.8, 4) is 0 Å². The molecule has 136 valence electrons. The zero-order valence-electron chi connectivity index (χ0n) is 15.2. The van der Waals surface area contributed by atoms with Gasteiger partial charge >= 0.3 is 5.97 Å². The molecular formula is C22H25NO3. The number of rotatable bonds is 7. The van der Waals surface area contributed by atoms with Crippen LogP contribution in [0.15, 0.2) is 54.6 Å². The van der Waals surface area contributed by atoms with Crippen molar-refractivity contribution in [1.82, 2.24) is 4.90 Å². The van der Waals surface area contributed by atoms with Gasteiger partial charge in [-0.3, -0.25) is 14.5 Å². The summed E-state index contributed by atoms with van der Waals surface area (Å²) in [4.78, 5) is 26.5. The number of esters is 1. The highest BCUT2D eigenvalue weighted by molar-refractivity contribution is 5.97. The van der Waals surface area contributed by atoms with Gasteiger partial charge in [0.25, 0.3) is 0 Å². The molecule has 1 aliphatic heterocycles. The lowest BCUT2D eigenvalue weighted by molar-refractivity contribution is -0.148. The Morgan fingerprint density at radius 1 is 1.04 bits per heavy atom. The first-order valence-corrected chi connectivity index (χ1v) is 9.16. The number of carbonyl (C=O) groups is 2. The van der Waals surface area contributed by atoms with Crippen molar-refractivity contribution in [2.75, 3.05) is 13.1 Å². The SMILES string of the molecule is Cc1ccc(C(=O)CCC(=O)O[C@@H]2CCN(Cc3ccccc3)C2)cc1. The highest BCUT2D eigenvalue weighted by Crippen LogP contribution is 2.17. The van der Waals surface area contributed by atoms with Crippen LogP contribution in [0.5, 0.6) is 0 Å². The van der Waals surface area contributed by atoms with Crippen LogP contribution in [-0.4, -0.2) is 35.8 Å². The van der Waals surface area contributed by atoms with E-state index >= 15 is 0 Å². The van der Waals surface area contributed by atoms with Crippen LogP contribution < -0.4 is 0 Å². The molecule has 1 saturated heterocycles. The molecule has 1 heterocycles. The number of carbonyl (C=O) groups excluding carboxylic acids is 2. The molecule has 2 aromatic carbocycles. The Hall–Kier alpha value is -2.46. The maximum absolute atomic E-state index is 12.1. The molecule has 4 heteroatoms. The fourth-order valence-corrected chi connectivity index (χ4v) is 3.22. The van der Waals surface area contributed by atoms with Gasteiger partial charge in [-0.1, -0.05) is 60.2 Å². The Labute approximate surface area is 154 Å². The highest BCUT2D eigenvalue weighted by atomic mass is 16.5. The standard InChI is InChI=1S/C22H25NO3/c1-17-7-9-19(10-8-17)21(24)11-12-22(25)26-20-13-14-23(16-20)15-18-5-3-2-4-6-18/h2-10,20H,11-16H2,1H3/t20-/m1/s1. The molecule has 26 heavy (non-hydrogen) atoms. The Kier molecular flexibility index (Phi) is 6.18. The summed E-state index contributed by atoms with van der Waals surface area (Å²) in [6, 6.07) is 17.7. The van der Waals surface area contributed by atoms with Gasteiger partial charge in [-0.25, -0.2) is 0 Å². The largest absolute Gasteiger partial charge is 0.461 e. The summed E-state index contributed by atoms with van der Waals surface area (Å²) in [7, 11) is 0. The topological polar surface area (TPSA) is 46.6 Å². The van der Waals surface area contributed by atoms with Crippen LogP contribution in [0.1, 0.15) is 40.7 Å². The molecule has 0 radical (unpaired) electrons.